The standard InChI is InChI=1S/C33H41NO5/c1-31-13-9-23(39-18-16-34-29(35)24-5-3-4-6-25(24)30(34)36)19-21(31)7-8-26-27(31)10-14-32(2)28(26)11-15-33(32,37)22-12-17-38-20-22/h3-6,12,17,20-21,23,26-28,37H,7-11,13-16,18-19H2,1-2H3/t21?,23?,26-,27-,28+,31+,32+,33?/m1/s1. The van der Waals surface area contributed by atoms with Crippen LogP contribution < -0.4 is 0 Å². The van der Waals surface area contributed by atoms with Gasteiger partial charge in [0.25, 0.3) is 11.8 Å². The van der Waals surface area contributed by atoms with Gasteiger partial charge in [-0.05, 0) is 105 Å². The van der Waals surface area contributed by atoms with Gasteiger partial charge in [0.15, 0.2) is 0 Å². The Balaban J connectivity index is 0.988. The largest absolute Gasteiger partial charge is 0.472 e. The van der Waals surface area contributed by atoms with Crippen LogP contribution in [0.4, 0.5) is 0 Å². The van der Waals surface area contributed by atoms with Gasteiger partial charge in [-0.15, -0.1) is 0 Å². The zero-order chi connectivity index (χ0) is 27.0. The van der Waals surface area contributed by atoms with Crippen LogP contribution in [-0.4, -0.2) is 41.1 Å². The molecule has 0 spiro atoms. The Morgan fingerprint density at radius 3 is 2.41 bits per heavy atom. The van der Waals surface area contributed by atoms with E-state index in [0.717, 1.165) is 37.7 Å². The molecule has 39 heavy (non-hydrogen) atoms. The first-order valence-corrected chi connectivity index (χ1v) is 15.1. The summed E-state index contributed by atoms with van der Waals surface area (Å²) in [5.41, 5.74) is 1.42. The molecular weight excluding hydrogens is 490 g/mol. The van der Waals surface area contributed by atoms with Crippen molar-refractivity contribution in [3.8, 4) is 0 Å². The Bertz CT molecular complexity index is 1240. The summed E-state index contributed by atoms with van der Waals surface area (Å²) in [5.74, 6) is 2.18. The second-order valence-corrected chi connectivity index (χ2v) is 13.6. The minimum absolute atomic E-state index is 0.0916. The molecular formula is C33H41NO5. The molecule has 1 N–H and O–H groups in total. The lowest BCUT2D eigenvalue weighted by atomic mass is 9.44. The quantitative estimate of drug-likeness (QED) is 0.465. The molecule has 0 saturated heterocycles. The summed E-state index contributed by atoms with van der Waals surface area (Å²) in [7, 11) is 0. The molecule has 1 aliphatic heterocycles. The third kappa shape index (κ3) is 3.59. The van der Waals surface area contributed by atoms with Crippen molar-refractivity contribution in [3.05, 3.63) is 59.5 Å². The van der Waals surface area contributed by atoms with E-state index < -0.39 is 5.60 Å². The molecule has 0 bridgehead atoms. The van der Waals surface area contributed by atoms with Crippen molar-refractivity contribution in [3.63, 3.8) is 0 Å². The molecule has 208 valence electrons. The maximum absolute atomic E-state index is 12.7. The molecule has 4 aliphatic carbocycles. The predicted octanol–water partition coefficient (Wildman–Crippen LogP) is 6.19. The van der Waals surface area contributed by atoms with E-state index in [1.807, 2.05) is 6.07 Å². The third-order valence-corrected chi connectivity index (χ3v) is 12.3. The van der Waals surface area contributed by atoms with Crippen LogP contribution in [0, 0.1) is 34.5 Å². The van der Waals surface area contributed by atoms with Crippen LogP contribution in [0.1, 0.15) is 97.9 Å². The van der Waals surface area contributed by atoms with Crippen molar-refractivity contribution < 1.29 is 23.8 Å². The van der Waals surface area contributed by atoms with Crippen molar-refractivity contribution in [2.45, 2.75) is 83.3 Å². The molecule has 2 amide bonds. The molecule has 7 rings (SSSR count). The van der Waals surface area contributed by atoms with E-state index in [9.17, 15) is 14.7 Å². The summed E-state index contributed by atoms with van der Waals surface area (Å²) in [4.78, 5) is 26.7. The van der Waals surface area contributed by atoms with Crippen LogP contribution in [-0.2, 0) is 10.3 Å². The molecule has 2 aromatic rings. The summed E-state index contributed by atoms with van der Waals surface area (Å²) in [6.07, 6.45) is 13.6. The topological polar surface area (TPSA) is 80.0 Å². The van der Waals surface area contributed by atoms with E-state index >= 15 is 0 Å². The van der Waals surface area contributed by atoms with Gasteiger partial charge in [-0.2, -0.15) is 0 Å². The number of carbonyl (C=O) groups is 2. The lowest BCUT2D eigenvalue weighted by molar-refractivity contribution is -0.164. The average molecular weight is 532 g/mol. The van der Waals surface area contributed by atoms with Gasteiger partial charge in [-0.3, -0.25) is 14.5 Å². The van der Waals surface area contributed by atoms with Crippen LogP contribution in [0.2, 0.25) is 0 Å². The first kappa shape index (κ1) is 25.5. The van der Waals surface area contributed by atoms with Gasteiger partial charge < -0.3 is 14.3 Å². The Kier molecular flexibility index (Phi) is 5.91. The molecule has 1 aromatic heterocycles. The monoisotopic (exact) mass is 531 g/mol. The third-order valence-electron chi connectivity index (χ3n) is 12.3. The average Bonchev–Trinajstić information content (AvgIpc) is 3.63. The Hall–Kier alpha value is -2.44. The van der Waals surface area contributed by atoms with Crippen molar-refractivity contribution in [1.29, 1.82) is 0 Å². The van der Waals surface area contributed by atoms with E-state index in [1.165, 1.54) is 30.6 Å². The van der Waals surface area contributed by atoms with Gasteiger partial charge in [0.1, 0.15) is 0 Å². The normalized spacial score (nSPS) is 41.2. The van der Waals surface area contributed by atoms with E-state index in [0.29, 0.717) is 53.4 Å². The first-order chi connectivity index (χ1) is 18.8. The predicted molar refractivity (Wildman–Crippen MR) is 146 cm³/mol. The number of amides is 2. The smallest absolute Gasteiger partial charge is 0.261 e. The van der Waals surface area contributed by atoms with Gasteiger partial charge in [-0.1, -0.05) is 26.0 Å². The number of furan rings is 1. The second-order valence-electron chi connectivity index (χ2n) is 13.6. The number of benzene rings is 1. The zero-order valence-corrected chi connectivity index (χ0v) is 23.2. The Labute approximate surface area is 231 Å². The maximum Gasteiger partial charge on any atom is 0.261 e. The molecule has 3 unspecified atom stereocenters. The number of fused-ring (bicyclic) bond motifs is 6. The SMILES string of the molecule is C[C@]12CCC(OCCN3C(=O)c4ccccc4C3=O)CC1CC[C@@H]1[C@H]2CC[C@@]2(C)[C@H]1CCC2(O)c1ccoc1. The fraction of sp³-hybridized carbons (Fsp3) is 0.636. The number of aliphatic hydroxyl groups is 1. The molecule has 6 nitrogen and oxygen atoms in total. The highest BCUT2D eigenvalue weighted by Gasteiger charge is 2.65. The Morgan fingerprint density at radius 2 is 1.69 bits per heavy atom. The summed E-state index contributed by atoms with van der Waals surface area (Å²) >= 11 is 0. The highest BCUT2D eigenvalue weighted by atomic mass is 16.5. The van der Waals surface area contributed by atoms with Gasteiger partial charge in [-0.25, -0.2) is 0 Å². The van der Waals surface area contributed by atoms with E-state index in [4.69, 9.17) is 9.15 Å². The van der Waals surface area contributed by atoms with Crippen molar-refractivity contribution in [2.75, 3.05) is 13.2 Å². The number of ether oxygens (including phenoxy) is 1. The first-order valence-electron chi connectivity index (χ1n) is 15.1. The van der Waals surface area contributed by atoms with Crippen LogP contribution >= 0.6 is 0 Å². The molecule has 4 saturated carbocycles. The minimum atomic E-state index is -0.779. The number of imide groups is 1. The van der Waals surface area contributed by atoms with Crippen molar-refractivity contribution in [2.24, 2.45) is 34.5 Å². The zero-order valence-electron chi connectivity index (χ0n) is 23.2. The maximum atomic E-state index is 12.7. The van der Waals surface area contributed by atoms with Crippen LogP contribution in [0.25, 0.3) is 0 Å². The number of rotatable bonds is 5. The summed E-state index contributed by atoms with van der Waals surface area (Å²) in [6.45, 7) is 5.61. The van der Waals surface area contributed by atoms with Gasteiger partial charge in [0.05, 0.1) is 48.5 Å². The highest BCUT2D eigenvalue weighted by Crippen LogP contribution is 2.70. The Morgan fingerprint density at radius 1 is 0.949 bits per heavy atom. The number of nitrogens with zero attached hydrogens (tertiary/aromatic N) is 1. The summed E-state index contributed by atoms with van der Waals surface area (Å²) in [6, 6.07) is 9.03. The summed E-state index contributed by atoms with van der Waals surface area (Å²) < 4.78 is 11.7. The second kappa shape index (κ2) is 9.04. The van der Waals surface area contributed by atoms with E-state index in [2.05, 4.69) is 13.8 Å². The fourth-order valence-corrected chi connectivity index (χ4v) is 10.1. The highest BCUT2D eigenvalue weighted by molar-refractivity contribution is 6.21. The molecule has 2 heterocycles. The molecule has 8 atom stereocenters. The van der Waals surface area contributed by atoms with E-state index in [-0.39, 0.29) is 23.3 Å². The number of hydrogen-bond acceptors (Lipinski definition) is 5. The fourth-order valence-electron chi connectivity index (χ4n) is 10.1. The van der Waals surface area contributed by atoms with Gasteiger partial charge in [0, 0.05) is 11.0 Å². The lowest BCUT2D eigenvalue weighted by Crippen LogP contribution is -2.56. The minimum Gasteiger partial charge on any atom is -0.472 e. The van der Waals surface area contributed by atoms with E-state index in [1.54, 1.807) is 36.8 Å². The van der Waals surface area contributed by atoms with Crippen molar-refractivity contribution in [1.82, 2.24) is 4.90 Å². The number of carbonyl (C=O) groups excluding carboxylic acids is 2. The van der Waals surface area contributed by atoms with Crippen LogP contribution in [0.3, 0.4) is 0 Å². The molecule has 1 aromatic carbocycles. The molecule has 4 fully saturated rings. The van der Waals surface area contributed by atoms with Crippen LogP contribution in [0.15, 0.2) is 47.3 Å². The van der Waals surface area contributed by atoms with Crippen LogP contribution in [0.5, 0.6) is 0 Å². The molecule has 6 heteroatoms. The van der Waals surface area contributed by atoms with Gasteiger partial charge in [0.2, 0.25) is 0 Å². The van der Waals surface area contributed by atoms with Crippen molar-refractivity contribution >= 4 is 11.8 Å². The number of hydrogen-bond donors (Lipinski definition) is 1. The molecule has 0 radical (unpaired) electrons. The molecule has 5 aliphatic rings. The lowest BCUT2D eigenvalue weighted by Gasteiger charge is -2.61. The van der Waals surface area contributed by atoms with Gasteiger partial charge >= 0.3 is 0 Å². The summed E-state index contributed by atoms with van der Waals surface area (Å²) in [5, 5.41) is 12.0.